The molecule has 0 unspecified atom stereocenters. The molecule has 2 heterocycles. The number of ketones is 1. The van der Waals surface area contributed by atoms with Crippen molar-refractivity contribution in [1.29, 1.82) is 0 Å². The van der Waals surface area contributed by atoms with Gasteiger partial charge in [0.1, 0.15) is 11.4 Å². The number of aromatic hydroxyl groups is 1. The lowest BCUT2D eigenvalue weighted by atomic mass is 10.1. The highest BCUT2D eigenvalue weighted by atomic mass is 79.9. The Balaban J connectivity index is 2.23. The first-order valence-electron chi connectivity index (χ1n) is 6.67. The molecule has 0 fully saturated rings. The van der Waals surface area contributed by atoms with Crippen LogP contribution < -0.4 is 0 Å². The lowest BCUT2D eigenvalue weighted by Gasteiger charge is -2.07. The maximum absolute atomic E-state index is 13.0. The molecule has 0 amide bonds. The van der Waals surface area contributed by atoms with Gasteiger partial charge in [0.25, 0.3) is 0 Å². The molecule has 0 aliphatic rings. The predicted octanol–water partition coefficient (Wildman–Crippen LogP) is 4.52. The Labute approximate surface area is 157 Å². The van der Waals surface area contributed by atoms with Crippen molar-refractivity contribution in [2.75, 3.05) is 0 Å². The van der Waals surface area contributed by atoms with E-state index in [0.29, 0.717) is 38.1 Å². The largest absolute Gasteiger partial charge is 0.506 e. The van der Waals surface area contributed by atoms with Crippen molar-refractivity contribution in [2.24, 2.45) is 0 Å². The number of benzene rings is 1. The maximum atomic E-state index is 13.0. The topological polar surface area (TPSA) is 67.5 Å². The van der Waals surface area contributed by atoms with Crippen molar-refractivity contribution < 1.29 is 9.90 Å². The summed E-state index contributed by atoms with van der Waals surface area (Å²) in [7, 11) is 0. The average Bonchev–Trinajstić information content (AvgIpc) is 2.89. The molecule has 0 saturated heterocycles. The van der Waals surface area contributed by atoms with E-state index in [2.05, 4.69) is 57.8 Å². The van der Waals surface area contributed by atoms with Crippen LogP contribution in [-0.2, 0) is 6.42 Å². The second-order valence-corrected chi connectivity index (χ2v) is 7.44. The molecule has 118 valence electrons. The number of hydrogen-bond donors (Lipinski definition) is 1. The van der Waals surface area contributed by atoms with Gasteiger partial charge in [0.2, 0.25) is 11.6 Å². The van der Waals surface area contributed by atoms with Crippen molar-refractivity contribution in [2.45, 2.75) is 13.3 Å². The van der Waals surface area contributed by atoms with Crippen LogP contribution in [0.5, 0.6) is 5.75 Å². The van der Waals surface area contributed by atoms with E-state index in [-0.39, 0.29) is 11.5 Å². The second-order valence-electron chi connectivity index (χ2n) is 4.82. The Kier molecular flexibility index (Phi) is 4.57. The minimum Gasteiger partial charge on any atom is -0.506 e. The van der Waals surface area contributed by atoms with Gasteiger partial charge in [-0.3, -0.25) is 9.20 Å². The first-order chi connectivity index (χ1) is 10.9. The highest BCUT2D eigenvalue weighted by Gasteiger charge is 2.22. The molecule has 0 radical (unpaired) electrons. The fourth-order valence-corrected chi connectivity index (χ4v) is 3.77. The summed E-state index contributed by atoms with van der Waals surface area (Å²) in [6, 6.07) is 3.18. The van der Waals surface area contributed by atoms with Gasteiger partial charge in [-0.05, 0) is 66.3 Å². The van der Waals surface area contributed by atoms with Crippen LogP contribution >= 0.6 is 47.8 Å². The molecular formula is C15H10Br3N3O2. The van der Waals surface area contributed by atoms with Gasteiger partial charge in [-0.1, -0.05) is 6.92 Å². The van der Waals surface area contributed by atoms with Gasteiger partial charge < -0.3 is 5.11 Å². The molecule has 3 aromatic rings. The van der Waals surface area contributed by atoms with Gasteiger partial charge in [-0.2, -0.15) is 0 Å². The summed E-state index contributed by atoms with van der Waals surface area (Å²) in [5, 5.41) is 9.81. The van der Waals surface area contributed by atoms with E-state index < -0.39 is 0 Å². The molecule has 5 nitrogen and oxygen atoms in total. The van der Waals surface area contributed by atoms with E-state index in [9.17, 15) is 9.90 Å². The van der Waals surface area contributed by atoms with E-state index in [0.717, 1.165) is 4.47 Å². The third-order valence-corrected chi connectivity index (χ3v) is 4.97. The second kappa shape index (κ2) is 6.33. The third kappa shape index (κ3) is 2.95. The van der Waals surface area contributed by atoms with Gasteiger partial charge in [-0.25, -0.2) is 9.97 Å². The van der Waals surface area contributed by atoms with Gasteiger partial charge in [0, 0.05) is 18.0 Å². The molecule has 0 aliphatic carbocycles. The first kappa shape index (κ1) is 16.6. The van der Waals surface area contributed by atoms with Gasteiger partial charge in [0.15, 0.2) is 0 Å². The number of hydrogen-bond acceptors (Lipinski definition) is 4. The van der Waals surface area contributed by atoms with Crippen LogP contribution in [0.2, 0.25) is 0 Å². The van der Waals surface area contributed by atoms with Crippen LogP contribution in [0.4, 0.5) is 0 Å². The standard InChI is InChI=1S/C15H10Br3N3O2/c1-2-11-12(21-6-8(16)5-19-15(21)20-11)13(22)7-3-9(17)14(23)10(18)4-7/h3-6,23H,2H2,1H3. The molecule has 1 N–H and O–H groups in total. The number of aryl methyl sites for hydroxylation is 1. The number of carbonyl (C=O) groups is 1. The molecule has 0 aliphatic heterocycles. The fourth-order valence-electron chi connectivity index (χ4n) is 2.28. The Morgan fingerprint density at radius 3 is 2.52 bits per heavy atom. The molecule has 2 aromatic heterocycles. The Hall–Kier alpha value is -1.25. The van der Waals surface area contributed by atoms with E-state index in [1.54, 1.807) is 28.9 Å². The van der Waals surface area contributed by atoms with Crippen molar-refractivity contribution in [1.82, 2.24) is 14.4 Å². The van der Waals surface area contributed by atoms with Crippen LogP contribution in [-0.4, -0.2) is 25.3 Å². The van der Waals surface area contributed by atoms with E-state index in [4.69, 9.17) is 0 Å². The molecular weight excluding hydrogens is 494 g/mol. The number of nitrogens with zero attached hydrogens (tertiary/aromatic N) is 3. The number of halogens is 3. The van der Waals surface area contributed by atoms with E-state index >= 15 is 0 Å². The number of phenolic OH excluding ortho intramolecular Hbond substituents is 1. The lowest BCUT2D eigenvalue weighted by Crippen LogP contribution is -2.08. The number of imidazole rings is 1. The summed E-state index contributed by atoms with van der Waals surface area (Å²) in [5.74, 6) is 0.348. The molecule has 23 heavy (non-hydrogen) atoms. The average molecular weight is 504 g/mol. The van der Waals surface area contributed by atoms with Crippen molar-refractivity contribution in [3.8, 4) is 5.75 Å². The Morgan fingerprint density at radius 1 is 1.26 bits per heavy atom. The van der Waals surface area contributed by atoms with Crippen LogP contribution in [0, 0.1) is 0 Å². The lowest BCUT2D eigenvalue weighted by molar-refractivity contribution is 0.103. The fraction of sp³-hybridized carbons (Fsp3) is 0.133. The van der Waals surface area contributed by atoms with Crippen molar-refractivity contribution in [3.63, 3.8) is 0 Å². The molecule has 0 spiro atoms. The molecule has 0 saturated carbocycles. The zero-order valence-corrected chi connectivity index (χ0v) is 16.6. The molecule has 3 rings (SSSR count). The summed E-state index contributed by atoms with van der Waals surface area (Å²) in [4.78, 5) is 21.6. The maximum Gasteiger partial charge on any atom is 0.234 e. The van der Waals surface area contributed by atoms with Gasteiger partial charge >= 0.3 is 0 Å². The highest BCUT2D eigenvalue weighted by Crippen LogP contribution is 2.34. The summed E-state index contributed by atoms with van der Waals surface area (Å²) in [6.45, 7) is 1.94. The normalized spacial score (nSPS) is 11.1. The zero-order valence-electron chi connectivity index (χ0n) is 11.8. The molecule has 8 heteroatoms. The monoisotopic (exact) mass is 501 g/mol. The number of carbonyl (C=O) groups excluding carboxylic acids is 1. The van der Waals surface area contributed by atoms with Gasteiger partial charge in [0.05, 0.1) is 19.1 Å². The van der Waals surface area contributed by atoms with Crippen LogP contribution in [0.1, 0.15) is 28.7 Å². The predicted molar refractivity (Wildman–Crippen MR) is 97.0 cm³/mol. The van der Waals surface area contributed by atoms with E-state index in [1.807, 2.05) is 6.92 Å². The summed E-state index contributed by atoms with van der Waals surface area (Å²) >= 11 is 9.87. The summed E-state index contributed by atoms with van der Waals surface area (Å²) < 4.78 is 3.33. The quantitative estimate of drug-likeness (QED) is 0.534. The Bertz CT molecular complexity index is 914. The SMILES string of the molecule is CCc1nc2ncc(Br)cn2c1C(=O)c1cc(Br)c(O)c(Br)c1. The van der Waals surface area contributed by atoms with Crippen LogP contribution in [0.25, 0.3) is 5.78 Å². The third-order valence-electron chi connectivity index (χ3n) is 3.35. The van der Waals surface area contributed by atoms with Crippen LogP contribution in [0.15, 0.2) is 37.9 Å². The summed E-state index contributed by atoms with van der Waals surface area (Å²) in [5.41, 5.74) is 1.60. The van der Waals surface area contributed by atoms with Crippen molar-refractivity contribution >= 4 is 59.4 Å². The number of rotatable bonds is 3. The number of fused-ring (bicyclic) bond motifs is 1. The minimum atomic E-state index is -0.185. The minimum absolute atomic E-state index is 0.0554. The highest BCUT2D eigenvalue weighted by molar-refractivity contribution is 9.11. The number of phenols is 1. The zero-order chi connectivity index (χ0) is 16.7. The van der Waals surface area contributed by atoms with E-state index in [1.165, 1.54) is 0 Å². The molecule has 1 aromatic carbocycles. The summed E-state index contributed by atoms with van der Waals surface area (Å²) in [6.07, 6.45) is 4.03. The van der Waals surface area contributed by atoms with Crippen molar-refractivity contribution in [3.05, 3.63) is 54.9 Å². The number of aromatic nitrogens is 3. The molecule has 0 bridgehead atoms. The molecule has 0 atom stereocenters. The van der Waals surface area contributed by atoms with Crippen LogP contribution in [0.3, 0.4) is 0 Å². The van der Waals surface area contributed by atoms with Gasteiger partial charge in [-0.15, -0.1) is 0 Å². The first-order valence-corrected chi connectivity index (χ1v) is 9.05. The Morgan fingerprint density at radius 2 is 1.91 bits per heavy atom. The smallest absolute Gasteiger partial charge is 0.234 e.